The van der Waals surface area contributed by atoms with E-state index in [2.05, 4.69) is 0 Å². The van der Waals surface area contributed by atoms with Crippen LogP contribution in [0.1, 0.15) is 26.7 Å². The van der Waals surface area contributed by atoms with Gasteiger partial charge in [-0.15, -0.1) is 0 Å². The summed E-state index contributed by atoms with van der Waals surface area (Å²) in [6, 6.07) is -0.923. The van der Waals surface area contributed by atoms with Crippen molar-refractivity contribution in [3.8, 4) is 0 Å². The van der Waals surface area contributed by atoms with Gasteiger partial charge in [0.1, 0.15) is 6.04 Å². The summed E-state index contributed by atoms with van der Waals surface area (Å²) < 4.78 is 30.4. The lowest BCUT2D eigenvalue weighted by molar-refractivity contribution is -0.140. The minimum atomic E-state index is -3.60. The van der Waals surface area contributed by atoms with Gasteiger partial charge in [-0.1, -0.05) is 0 Å². The van der Waals surface area contributed by atoms with E-state index in [0.717, 1.165) is 4.31 Å². The van der Waals surface area contributed by atoms with Crippen molar-refractivity contribution >= 4 is 16.0 Å². The van der Waals surface area contributed by atoms with Crippen LogP contribution in [0, 0.1) is 0 Å². The van der Waals surface area contributed by atoms with Crippen molar-refractivity contribution in [2.75, 3.05) is 19.4 Å². The van der Waals surface area contributed by atoms with E-state index in [0.29, 0.717) is 12.8 Å². The number of carbonyl (C=O) groups is 1. The zero-order valence-electron chi connectivity index (χ0n) is 10.3. The Balaban J connectivity index is 2.87. The number of methoxy groups -OCH3 is 1. The number of carboxylic acid groups (broad SMARTS) is 1. The van der Waals surface area contributed by atoms with Crippen LogP contribution in [0.5, 0.6) is 0 Å². The van der Waals surface area contributed by atoms with Crippen LogP contribution in [0.2, 0.25) is 0 Å². The fourth-order valence-electron chi connectivity index (χ4n) is 1.90. The van der Waals surface area contributed by atoms with E-state index in [4.69, 9.17) is 9.84 Å². The molecule has 6 nitrogen and oxygen atoms in total. The SMILES string of the molecule is COC(C)(C)CS(=O)(=O)N1CCC[C@@H]1C(=O)O. The summed E-state index contributed by atoms with van der Waals surface area (Å²) in [4.78, 5) is 11.0. The lowest BCUT2D eigenvalue weighted by Gasteiger charge is -2.27. The molecule has 7 heteroatoms. The van der Waals surface area contributed by atoms with Gasteiger partial charge in [0.05, 0.1) is 11.4 Å². The van der Waals surface area contributed by atoms with Crippen molar-refractivity contribution in [2.24, 2.45) is 0 Å². The van der Waals surface area contributed by atoms with Crippen molar-refractivity contribution in [1.82, 2.24) is 4.31 Å². The number of carboxylic acids is 1. The average Bonchev–Trinajstić information content (AvgIpc) is 2.65. The summed E-state index contributed by atoms with van der Waals surface area (Å²) in [6.07, 6.45) is 0.964. The number of rotatable bonds is 5. The van der Waals surface area contributed by atoms with E-state index in [-0.39, 0.29) is 12.3 Å². The molecule has 0 aromatic carbocycles. The fraction of sp³-hybridized carbons (Fsp3) is 0.900. The first-order chi connectivity index (χ1) is 7.69. The van der Waals surface area contributed by atoms with Gasteiger partial charge in [0, 0.05) is 13.7 Å². The molecule has 0 aliphatic carbocycles. The molecule has 0 bridgehead atoms. The highest BCUT2D eigenvalue weighted by Crippen LogP contribution is 2.24. The summed E-state index contributed by atoms with van der Waals surface area (Å²) in [7, 11) is -2.16. The molecule has 0 radical (unpaired) electrons. The van der Waals surface area contributed by atoms with Gasteiger partial charge in [-0.2, -0.15) is 4.31 Å². The van der Waals surface area contributed by atoms with Gasteiger partial charge in [0.25, 0.3) is 0 Å². The first kappa shape index (κ1) is 14.4. The number of ether oxygens (including phenoxy) is 1. The average molecular weight is 265 g/mol. The van der Waals surface area contributed by atoms with Crippen LogP contribution in [-0.2, 0) is 19.6 Å². The zero-order valence-corrected chi connectivity index (χ0v) is 11.2. The number of aliphatic carboxylic acids is 1. The van der Waals surface area contributed by atoms with Crippen molar-refractivity contribution in [2.45, 2.75) is 38.3 Å². The predicted molar refractivity (Wildman–Crippen MR) is 62.2 cm³/mol. The zero-order chi connectivity index (χ0) is 13.3. The van der Waals surface area contributed by atoms with E-state index < -0.39 is 27.6 Å². The Morgan fingerprint density at radius 3 is 2.59 bits per heavy atom. The number of sulfonamides is 1. The fourth-order valence-corrected chi connectivity index (χ4v) is 4.05. The van der Waals surface area contributed by atoms with E-state index in [1.165, 1.54) is 7.11 Å². The van der Waals surface area contributed by atoms with E-state index >= 15 is 0 Å². The molecule has 1 aliphatic heterocycles. The maximum absolute atomic E-state index is 12.1. The molecule has 0 saturated carbocycles. The number of nitrogens with zero attached hydrogens (tertiary/aromatic N) is 1. The summed E-state index contributed by atoms with van der Waals surface area (Å²) >= 11 is 0. The first-order valence-electron chi connectivity index (χ1n) is 5.47. The third-order valence-electron chi connectivity index (χ3n) is 2.93. The standard InChI is InChI=1S/C10H19NO5S/c1-10(2,16-3)7-17(14,15)11-6-4-5-8(11)9(12)13/h8H,4-7H2,1-3H3,(H,12,13)/t8-/m1/s1. The molecule has 100 valence electrons. The Labute approximate surface area is 102 Å². The molecule has 0 unspecified atom stereocenters. The summed E-state index contributed by atoms with van der Waals surface area (Å²) in [5.74, 6) is -1.29. The number of hydrogen-bond acceptors (Lipinski definition) is 4. The first-order valence-corrected chi connectivity index (χ1v) is 7.08. The highest BCUT2D eigenvalue weighted by molar-refractivity contribution is 7.89. The third kappa shape index (κ3) is 3.40. The normalized spacial score (nSPS) is 22.9. The Bertz CT molecular complexity index is 390. The van der Waals surface area contributed by atoms with E-state index in [1.54, 1.807) is 13.8 Å². The Kier molecular flexibility index (Phi) is 4.16. The molecular weight excluding hydrogens is 246 g/mol. The van der Waals surface area contributed by atoms with Crippen LogP contribution in [0.4, 0.5) is 0 Å². The van der Waals surface area contributed by atoms with Crippen LogP contribution in [-0.4, -0.2) is 54.8 Å². The van der Waals surface area contributed by atoms with Gasteiger partial charge in [0.2, 0.25) is 10.0 Å². The minimum absolute atomic E-state index is 0.208. The van der Waals surface area contributed by atoms with Crippen LogP contribution in [0.25, 0.3) is 0 Å². The maximum atomic E-state index is 12.1. The smallest absolute Gasteiger partial charge is 0.322 e. The second-order valence-electron chi connectivity index (χ2n) is 4.83. The molecular formula is C10H19NO5S. The van der Waals surface area contributed by atoms with Gasteiger partial charge in [-0.05, 0) is 26.7 Å². The van der Waals surface area contributed by atoms with Gasteiger partial charge < -0.3 is 9.84 Å². The van der Waals surface area contributed by atoms with Crippen molar-refractivity contribution in [1.29, 1.82) is 0 Å². The third-order valence-corrected chi connectivity index (χ3v) is 5.14. The van der Waals surface area contributed by atoms with Crippen LogP contribution < -0.4 is 0 Å². The second kappa shape index (κ2) is 4.91. The van der Waals surface area contributed by atoms with Gasteiger partial charge in [-0.25, -0.2) is 8.42 Å². The largest absolute Gasteiger partial charge is 0.480 e. The van der Waals surface area contributed by atoms with Crippen molar-refractivity contribution < 1.29 is 23.1 Å². The second-order valence-corrected chi connectivity index (χ2v) is 6.75. The number of hydrogen-bond donors (Lipinski definition) is 1. The summed E-state index contributed by atoms with van der Waals surface area (Å²) in [6.45, 7) is 3.60. The molecule has 17 heavy (non-hydrogen) atoms. The highest BCUT2D eigenvalue weighted by atomic mass is 32.2. The van der Waals surface area contributed by atoms with E-state index in [9.17, 15) is 13.2 Å². The van der Waals surface area contributed by atoms with Crippen molar-refractivity contribution in [3.05, 3.63) is 0 Å². The molecule has 0 aromatic heterocycles. The summed E-state index contributed by atoms with van der Waals surface area (Å²) in [5, 5.41) is 8.97. The monoisotopic (exact) mass is 265 g/mol. The molecule has 1 saturated heterocycles. The highest BCUT2D eigenvalue weighted by Gasteiger charge is 2.41. The van der Waals surface area contributed by atoms with Gasteiger partial charge in [-0.3, -0.25) is 4.79 Å². The van der Waals surface area contributed by atoms with Crippen LogP contribution >= 0.6 is 0 Å². The van der Waals surface area contributed by atoms with Gasteiger partial charge >= 0.3 is 5.97 Å². The molecule has 1 fully saturated rings. The van der Waals surface area contributed by atoms with E-state index in [1.807, 2.05) is 0 Å². The molecule has 1 N–H and O–H groups in total. The molecule has 1 rings (SSSR count). The summed E-state index contributed by atoms with van der Waals surface area (Å²) in [5.41, 5.74) is -0.815. The van der Waals surface area contributed by atoms with Gasteiger partial charge in [0.15, 0.2) is 0 Å². The topological polar surface area (TPSA) is 83.9 Å². The van der Waals surface area contributed by atoms with Crippen LogP contribution in [0.15, 0.2) is 0 Å². The molecule has 0 spiro atoms. The van der Waals surface area contributed by atoms with Crippen LogP contribution in [0.3, 0.4) is 0 Å². The Morgan fingerprint density at radius 1 is 1.53 bits per heavy atom. The molecule has 0 aromatic rings. The quantitative estimate of drug-likeness (QED) is 0.772. The Hall–Kier alpha value is -0.660. The Morgan fingerprint density at radius 2 is 2.12 bits per heavy atom. The molecule has 1 atom stereocenters. The molecule has 0 amide bonds. The molecule has 1 aliphatic rings. The molecule has 1 heterocycles. The lowest BCUT2D eigenvalue weighted by atomic mass is 10.2. The van der Waals surface area contributed by atoms with Crippen molar-refractivity contribution in [3.63, 3.8) is 0 Å². The minimum Gasteiger partial charge on any atom is -0.480 e. The predicted octanol–water partition coefficient (Wildman–Crippen LogP) is 0.290. The maximum Gasteiger partial charge on any atom is 0.322 e. The lowest BCUT2D eigenvalue weighted by Crippen LogP contribution is -2.46.